The number of likely N-dealkylation sites (N-methyl/N-ethyl adjacent to an activating group) is 1. The minimum absolute atomic E-state index is 0.553. The van der Waals surface area contributed by atoms with E-state index in [0.717, 1.165) is 13.0 Å². The molecule has 0 bridgehead atoms. The third-order valence-corrected chi connectivity index (χ3v) is 3.57. The second-order valence-electron chi connectivity index (χ2n) is 4.32. The maximum atomic E-state index is 4.72. The largest absolute Gasteiger partial charge is 0.319 e. The lowest BCUT2D eigenvalue weighted by Crippen LogP contribution is -2.21. The van der Waals surface area contributed by atoms with E-state index in [1.54, 1.807) is 11.3 Å². The topological polar surface area (TPSA) is 24.9 Å². The summed E-state index contributed by atoms with van der Waals surface area (Å²) in [4.78, 5) is 4.72. The van der Waals surface area contributed by atoms with Crippen LogP contribution in [-0.4, -0.2) is 18.6 Å². The van der Waals surface area contributed by atoms with Crippen LogP contribution in [0.15, 0.2) is 5.38 Å². The van der Waals surface area contributed by atoms with E-state index in [1.807, 2.05) is 7.05 Å². The van der Waals surface area contributed by atoms with E-state index in [1.165, 1.54) is 17.1 Å². The Labute approximate surface area is 97.1 Å². The van der Waals surface area contributed by atoms with E-state index in [0.29, 0.717) is 11.8 Å². The number of nitrogens with one attached hydrogen (secondary N) is 1. The van der Waals surface area contributed by atoms with Gasteiger partial charge in [0.05, 0.1) is 10.7 Å². The summed E-state index contributed by atoms with van der Waals surface area (Å²) in [6.07, 6.45) is 2.31. The molecule has 0 aliphatic carbocycles. The molecule has 15 heavy (non-hydrogen) atoms. The quantitative estimate of drug-likeness (QED) is 0.806. The van der Waals surface area contributed by atoms with Gasteiger partial charge in [-0.25, -0.2) is 4.98 Å². The van der Waals surface area contributed by atoms with Crippen molar-refractivity contribution in [2.75, 3.05) is 13.6 Å². The predicted molar refractivity (Wildman–Crippen MR) is 67.6 cm³/mol. The highest BCUT2D eigenvalue weighted by Crippen LogP contribution is 2.25. The van der Waals surface area contributed by atoms with Gasteiger partial charge in [-0.05, 0) is 25.8 Å². The lowest BCUT2D eigenvalue weighted by Gasteiger charge is -2.18. The van der Waals surface area contributed by atoms with Gasteiger partial charge in [0.25, 0.3) is 0 Å². The molecule has 3 heteroatoms. The molecule has 86 valence electrons. The molecule has 0 amide bonds. The zero-order chi connectivity index (χ0) is 11.3. The molecule has 2 nitrogen and oxygen atoms in total. The van der Waals surface area contributed by atoms with Crippen LogP contribution < -0.4 is 5.32 Å². The van der Waals surface area contributed by atoms with Gasteiger partial charge in [-0.3, -0.25) is 0 Å². The van der Waals surface area contributed by atoms with Crippen LogP contribution in [0.1, 0.15) is 43.8 Å². The van der Waals surface area contributed by atoms with Crippen molar-refractivity contribution in [3.05, 3.63) is 16.1 Å². The summed E-state index contributed by atoms with van der Waals surface area (Å²) in [5.74, 6) is 1.20. The molecule has 0 fully saturated rings. The van der Waals surface area contributed by atoms with Crippen LogP contribution in [-0.2, 0) is 6.42 Å². The molecule has 0 aromatic carbocycles. The number of aryl methyl sites for hydroxylation is 1. The standard InChI is InChI=1S/C12H22N2S/c1-5-6-12-14-11(8-15-12)10(7-13-4)9(2)3/h8-10,13H,5-7H2,1-4H3. The van der Waals surface area contributed by atoms with E-state index in [-0.39, 0.29) is 0 Å². The normalized spacial score (nSPS) is 13.4. The van der Waals surface area contributed by atoms with E-state index in [4.69, 9.17) is 4.98 Å². The number of nitrogens with zero attached hydrogens (tertiary/aromatic N) is 1. The molecule has 1 aromatic heterocycles. The molecule has 1 heterocycles. The van der Waals surface area contributed by atoms with Crippen LogP contribution in [0.25, 0.3) is 0 Å². The molecule has 1 N–H and O–H groups in total. The summed E-state index contributed by atoms with van der Waals surface area (Å²) in [5, 5.41) is 6.77. The van der Waals surface area contributed by atoms with Gasteiger partial charge in [-0.1, -0.05) is 20.8 Å². The number of aromatic nitrogens is 1. The summed E-state index contributed by atoms with van der Waals surface area (Å²) >= 11 is 1.81. The second-order valence-corrected chi connectivity index (χ2v) is 5.27. The maximum absolute atomic E-state index is 4.72. The van der Waals surface area contributed by atoms with Crippen molar-refractivity contribution in [2.24, 2.45) is 5.92 Å². The third-order valence-electron chi connectivity index (χ3n) is 2.64. The van der Waals surface area contributed by atoms with Crippen molar-refractivity contribution in [2.45, 2.75) is 39.5 Å². The van der Waals surface area contributed by atoms with Gasteiger partial charge < -0.3 is 5.32 Å². The van der Waals surface area contributed by atoms with Crippen molar-refractivity contribution < 1.29 is 0 Å². The highest BCUT2D eigenvalue weighted by atomic mass is 32.1. The molecule has 0 radical (unpaired) electrons. The first-order valence-corrected chi connectivity index (χ1v) is 6.65. The van der Waals surface area contributed by atoms with E-state index >= 15 is 0 Å². The molecular weight excluding hydrogens is 204 g/mol. The first-order chi connectivity index (χ1) is 7.19. The summed E-state index contributed by atoms with van der Waals surface area (Å²) in [7, 11) is 2.01. The first-order valence-electron chi connectivity index (χ1n) is 5.77. The number of thiazole rings is 1. The third kappa shape index (κ3) is 3.58. The molecule has 0 aliphatic rings. The van der Waals surface area contributed by atoms with Gasteiger partial charge in [0.15, 0.2) is 0 Å². The highest BCUT2D eigenvalue weighted by Gasteiger charge is 2.17. The van der Waals surface area contributed by atoms with Crippen molar-refractivity contribution in [1.29, 1.82) is 0 Å². The Morgan fingerprint density at radius 1 is 1.47 bits per heavy atom. The average molecular weight is 226 g/mol. The van der Waals surface area contributed by atoms with Crippen molar-refractivity contribution in [3.8, 4) is 0 Å². The number of rotatable bonds is 6. The van der Waals surface area contributed by atoms with E-state index in [2.05, 4.69) is 31.5 Å². The van der Waals surface area contributed by atoms with Crippen LogP contribution in [0.5, 0.6) is 0 Å². The Hall–Kier alpha value is -0.410. The minimum Gasteiger partial charge on any atom is -0.319 e. The first kappa shape index (κ1) is 12.7. The highest BCUT2D eigenvalue weighted by molar-refractivity contribution is 7.09. The Balaban J connectivity index is 2.72. The SMILES string of the molecule is CCCc1nc(C(CNC)C(C)C)cs1. The van der Waals surface area contributed by atoms with Gasteiger partial charge in [0, 0.05) is 17.8 Å². The Morgan fingerprint density at radius 3 is 2.73 bits per heavy atom. The van der Waals surface area contributed by atoms with E-state index in [9.17, 15) is 0 Å². The zero-order valence-electron chi connectivity index (χ0n) is 10.2. The van der Waals surface area contributed by atoms with Crippen LogP contribution in [0, 0.1) is 5.92 Å². The monoisotopic (exact) mass is 226 g/mol. The van der Waals surface area contributed by atoms with Gasteiger partial charge in [-0.2, -0.15) is 0 Å². The fourth-order valence-electron chi connectivity index (χ4n) is 1.73. The molecular formula is C12H22N2S. The molecule has 0 spiro atoms. The van der Waals surface area contributed by atoms with Crippen LogP contribution in [0.4, 0.5) is 0 Å². The summed E-state index contributed by atoms with van der Waals surface area (Å²) in [5.41, 5.74) is 1.27. The Kier molecular flexibility index (Phi) is 5.26. The summed E-state index contributed by atoms with van der Waals surface area (Å²) in [6.45, 7) is 7.75. The van der Waals surface area contributed by atoms with Gasteiger partial charge in [-0.15, -0.1) is 11.3 Å². The molecule has 1 aromatic rings. The Morgan fingerprint density at radius 2 is 2.20 bits per heavy atom. The lowest BCUT2D eigenvalue weighted by atomic mass is 9.93. The zero-order valence-corrected chi connectivity index (χ0v) is 11.0. The van der Waals surface area contributed by atoms with Crippen molar-refractivity contribution >= 4 is 11.3 Å². The van der Waals surface area contributed by atoms with Crippen LogP contribution in [0.2, 0.25) is 0 Å². The van der Waals surface area contributed by atoms with Gasteiger partial charge >= 0.3 is 0 Å². The summed E-state index contributed by atoms with van der Waals surface area (Å²) < 4.78 is 0. The van der Waals surface area contributed by atoms with Crippen LogP contribution in [0.3, 0.4) is 0 Å². The molecule has 0 saturated carbocycles. The fourth-order valence-corrected chi connectivity index (χ4v) is 2.69. The fraction of sp³-hybridized carbons (Fsp3) is 0.750. The van der Waals surface area contributed by atoms with Gasteiger partial charge in [0.2, 0.25) is 0 Å². The minimum atomic E-state index is 0.553. The summed E-state index contributed by atoms with van der Waals surface area (Å²) in [6, 6.07) is 0. The second kappa shape index (κ2) is 6.23. The van der Waals surface area contributed by atoms with Crippen LogP contribution >= 0.6 is 11.3 Å². The van der Waals surface area contributed by atoms with E-state index < -0.39 is 0 Å². The maximum Gasteiger partial charge on any atom is 0.0928 e. The van der Waals surface area contributed by atoms with Crippen molar-refractivity contribution in [3.63, 3.8) is 0 Å². The smallest absolute Gasteiger partial charge is 0.0928 e. The number of hydrogen-bond acceptors (Lipinski definition) is 3. The molecule has 0 saturated heterocycles. The molecule has 1 rings (SSSR count). The number of hydrogen-bond donors (Lipinski definition) is 1. The lowest BCUT2D eigenvalue weighted by molar-refractivity contribution is 0.470. The molecule has 1 atom stereocenters. The van der Waals surface area contributed by atoms with Crippen molar-refractivity contribution in [1.82, 2.24) is 10.3 Å². The Bertz CT molecular complexity index is 281. The average Bonchev–Trinajstić information content (AvgIpc) is 2.62. The predicted octanol–water partition coefficient (Wildman–Crippen LogP) is 3.05. The molecule has 0 aliphatic heterocycles. The van der Waals surface area contributed by atoms with Gasteiger partial charge in [0.1, 0.15) is 0 Å². The molecule has 1 unspecified atom stereocenters.